The average Bonchev–Trinajstić information content (AvgIpc) is 2.83. The highest BCUT2D eigenvalue weighted by Crippen LogP contribution is 2.17. The molecule has 0 spiro atoms. The molecule has 0 amide bonds. The first kappa shape index (κ1) is 12.4. The highest BCUT2D eigenvalue weighted by atomic mass is 15.1. The third-order valence-electron chi connectivity index (χ3n) is 3.53. The Labute approximate surface area is 105 Å². The molecule has 2 heteroatoms. The van der Waals surface area contributed by atoms with Crippen LogP contribution in [-0.2, 0) is 0 Å². The first-order valence-corrected chi connectivity index (χ1v) is 6.82. The molecular weight excluding hydrogens is 208 g/mol. The van der Waals surface area contributed by atoms with Crippen LogP contribution in [0.2, 0.25) is 0 Å². The first-order valence-electron chi connectivity index (χ1n) is 6.82. The van der Waals surface area contributed by atoms with Crippen molar-refractivity contribution in [2.24, 2.45) is 0 Å². The second-order valence-electron chi connectivity index (χ2n) is 5.25. The van der Waals surface area contributed by atoms with E-state index in [0.29, 0.717) is 5.92 Å². The van der Waals surface area contributed by atoms with Gasteiger partial charge in [0.1, 0.15) is 0 Å². The Bertz CT molecular complexity index is 323. The van der Waals surface area contributed by atoms with Crippen LogP contribution in [0.4, 0.5) is 5.69 Å². The van der Waals surface area contributed by atoms with Gasteiger partial charge < -0.3 is 10.2 Å². The topological polar surface area (TPSA) is 15.3 Å². The number of likely N-dealkylation sites (tertiary alicyclic amines) is 1. The van der Waals surface area contributed by atoms with Crippen LogP contribution in [0.3, 0.4) is 0 Å². The minimum absolute atomic E-state index is 0.619. The van der Waals surface area contributed by atoms with E-state index < -0.39 is 0 Å². The van der Waals surface area contributed by atoms with Crippen LogP contribution in [0.1, 0.15) is 38.2 Å². The molecule has 1 aliphatic rings. The zero-order valence-electron chi connectivity index (χ0n) is 11.1. The molecule has 1 aromatic rings. The van der Waals surface area contributed by atoms with Crippen LogP contribution in [-0.4, -0.2) is 31.1 Å². The lowest BCUT2D eigenvalue weighted by atomic mass is 10.0. The molecule has 2 nitrogen and oxygen atoms in total. The van der Waals surface area contributed by atoms with E-state index in [2.05, 4.69) is 48.3 Å². The lowest BCUT2D eigenvalue weighted by Gasteiger charge is -2.15. The van der Waals surface area contributed by atoms with Crippen molar-refractivity contribution in [3.8, 4) is 0 Å². The van der Waals surface area contributed by atoms with Crippen LogP contribution in [0.15, 0.2) is 24.3 Å². The summed E-state index contributed by atoms with van der Waals surface area (Å²) < 4.78 is 0. The van der Waals surface area contributed by atoms with Gasteiger partial charge in [-0.1, -0.05) is 26.0 Å². The molecule has 1 saturated heterocycles. The van der Waals surface area contributed by atoms with Gasteiger partial charge in [-0.15, -0.1) is 0 Å². The molecule has 1 fully saturated rings. The minimum atomic E-state index is 0.619. The summed E-state index contributed by atoms with van der Waals surface area (Å²) in [5, 5.41) is 3.50. The second kappa shape index (κ2) is 6.06. The van der Waals surface area contributed by atoms with Gasteiger partial charge in [-0.25, -0.2) is 0 Å². The maximum absolute atomic E-state index is 3.50. The Hall–Kier alpha value is -1.02. The normalized spacial score (nSPS) is 16.6. The van der Waals surface area contributed by atoms with Gasteiger partial charge in [0.05, 0.1) is 0 Å². The predicted molar refractivity (Wildman–Crippen MR) is 74.7 cm³/mol. The smallest absolute Gasteiger partial charge is 0.0340 e. The lowest BCUT2D eigenvalue weighted by Crippen LogP contribution is -2.25. The van der Waals surface area contributed by atoms with Crippen molar-refractivity contribution in [2.45, 2.75) is 32.6 Å². The molecule has 0 aliphatic carbocycles. The van der Waals surface area contributed by atoms with E-state index in [1.807, 2.05) is 0 Å². The van der Waals surface area contributed by atoms with Crippen molar-refractivity contribution in [2.75, 3.05) is 31.5 Å². The maximum Gasteiger partial charge on any atom is 0.0340 e. The number of hydrogen-bond acceptors (Lipinski definition) is 2. The molecule has 17 heavy (non-hydrogen) atoms. The molecule has 1 heterocycles. The summed E-state index contributed by atoms with van der Waals surface area (Å²) in [7, 11) is 0. The van der Waals surface area contributed by atoms with Crippen molar-refractivity contribution >= 4 is 5.69 Å². The molecule has 0 atom stereocenters. The van der Waals surface area contributed by atoms with E-state index in [-0.39, 0.29) is 0 Å². The van der Waals surface area contributed by atoms with Gasteiger partial charge in [0.15, 0.2) is 0 Å². The van der Waals surface area contributed by atoms with E-state index >= 15 is 0 Å². The summed E-state index contributed by atoms with van der Waals surface area (Å²) in [6, 6.07) is 8.84. The summed E-state index contributed by atoms with van der Waals surface area (Å²) >= 11 is 0. The van der Waals surface area contributed by atoms with Gasteiger partial charge in [0.2, 0.25) is 0 Å². The summed E-state index contributed by atoms with van der Waals surface area (Å²) in [5.74, 6) is 0.619. The van der Waals surface area contributed by atoms with Crippen molar-refractivity contribution in [1.82, 2.24) is 4.90 Å². The second-order valence-corrected chi connectivity index (χ2v) is 5.25. The number of nitrogens with zero attached hydrogens (tertiary/aromatic N) is 1. The molecule has 2 rings (SSSR count). The SMILES string of the molecule is CC(C)c1ccc(NCCN2CCCC2)cc1. The number of anilines is 1. The van der Waals surface area contributed by atoms with Crippen LogP contribution in [0.5, 0.6) is 0 Å². The quantitative estimate of drug-likeness (QED) is 0.838. The van der Waals surface area contributed by atoms with E-state index in [1.54, 1.807) is 0 Å². The molecule has 94 valence electrons. The van der Waals surface area contributed by atoms with E-state index in [1.165, 1.54) is 43.7 Å². The van der Waals surface area contributed by atoms with Gasteiger partial charge in [0, 0.05) is 18.8 Å². The molecule has 0 saturated carbocycles. The largest absolute Gasteiger partial charge is 0.384 e. The van der Waals surface area contributed by atoms with Crippen LogP contribution in [0, 0.1) is 0 Å². The van der Waals surface area contributed by atoms with Crippen molar-refractivity contribution < 1.29 is 0 Å². The fraction of sp³-hybridized carbons (Fsp3) is 0.600. The molecule has 0 unspecified atom stereocenters. The summed E-state index contributed by atoms with van der Waals surface area (Å²) in [4.78, 5) is 2.54. The molecule has 0 bridgehead atoms. The summed E-state index contributed by atoms with van der Waals surface area (Å²) in [5.41, 5.74) is 2.66. The number of nitrogens with one attached hydrogen (secondary N) is 1. The Kier molecular flexibility index (Phi) is 4.43. The monoisotopic (exact) mass is 232 g/mol. The third kappa shape index (κ3) is 3.74. The predicted octanol–water partition coefficient (Wildman–Crippen LogP) is 3.32. The Morgan fingerprint density at radius 2 is 1.76 bits per heavy atom. The van der Waals surface area contributed by atoms with Crippen LogP contribution < -0.4 is 5.32 Å². The number of hydrogen-bond donors (Lipinski definition) is 1. The Morgan fingerprint density at radius 1 is 1.12 bits per heavy atom. The van der Waals surface area contributed by atoms with Crippen molar-refractivity contribution in [1.29, 1.82) is 0 Å². The highest BCUT2D eigenvalue weighted by Gasteiger charge is 2.09. The van der Waals surface area contributed by atoms with E-state index in [9.17, 15) is 0 Å². The van der Waals surface area contributed by atoms with Gasteiger partial charge in [-0.2, -0.15) is 0 Å². The highest BCUT2D eigenvalue weighted by molar-refractivity contribution is 5.45. The summed E-state index contributed by atoms with van der Waals surface area (Å²) in [6.07, 6.45) is 2.76. The molecule has 1 aliphatic heterocycles. The van der Waals surface area contributed by atoms with E-state index in [0.717, 1.165) is 6.54 Å². The Morgan fingerprint density at radius 3 is 2.35 bits per heavy atom. The van der Waals surface area contributed by atoms with Gasteiger partial charge in [-0.3, -0.25) is 0 Å². The van der Waals surface area contributed by atoms with Crippen molar-refractivity contribution in [3.63, 3.8) is 0 Å². The average molecular weight is 232 g/mol. The number of benzene rings is 1. The third-order valence-corrected chi connectivity index (χ3v) is 3.53. The fourth-order valence-corrected chi connectivity index (χ4v) is 2.35. The van der Waals surface area contributed by atoms with E-state index in [4.69, 9.17) is 0 Å². The molecule has 1 aromatic carbocycles. The Balaban J connectivity index is 1.74. The van der Waals surface area contributed by atoms with Crippen molar-refractivity contribution in [3.05, 3.63) is 29.8 Å². The standard InChI is InChI=1S/C15H24N2/c1-13(2)14-5-7-15(8-6-14)16-9-12-17-10-3-4-11-17/h5-8,13,16H,3-4,9-12H2,1-2H3. The van der Waals surface area contributed by atoms with Gasteiger partial charge in [-0.05, 0) is 49.5 Å². The lowest BCUT2D eigenvalue weighted by molar-refractivity contribution is 0.352. The van der Waals surface area contributed by atoms with Crippen LogP contribution >= 0.6 is 0 Å². The zero-order valence-corrected chi connectivity index (χ0v) is 11.1. The molecule has 1 N–H and O–H groups in total. The minimum Gasteiger partial charge on any atom is -0.384 e. The van der Waals surface area contributed by atoms with Gasteiger partial charge >= 0.3 is 0 Å². The maximum atomic E-state index is 3.50. The molecule has 0 aromatic heterocycles. The zero-order chi connectivity index (χ0) is 12.1. The molecular formula is C15H24N2. The summed E-state index contributed by atoms with van der Waals surface area (Å²) in [6.45, 7) is 9.26. The van der Waals surface area contributed by atoms with Crippen LogP contribution in [0.25, 0.3) is 0 Å². The number of rotatable bonds is 5. The fourth-order valence-electron chi connectivity index (χ4n) is 2.35. The van der Waals surface area contributed by atoms with Gasteiger partial charge in [0.25, 0.3) is 0 Å². The molecule has 0 radical (unpaired) electrons. The first-order chi connectivity index (χ1) is 8.25.